The molecule has 0 bridgehead atoms. The number of hydrogen-bond donors (Lipinski definition) is 2. The van der Waals surface area contributed by atoms with E-state index in [1.165, 1.54) is 6.92 Å². The summed E-state index contributed by atoms with van der Waals surface area (Å²) < 4.78 is 19.7. The number of nitrogens with zero attached hydrogens (tertiary/aromatic N) is 1. The number of rotatable bonds is 15. The van der Waals surface area contributed by atoms with Crippen molar-refractivity contribution in [1.82, 2.24) is 10.2 Å². The molecule has 4 aromatic rings. The maximum absolute atomic E-state index is 14.3. The van der Waals surface area contributed by atoms with Gasteiger partial charge in [0.05, 0.1) is 25.9 Å². The first kappa shape index (κ1) is 34.5. The zero-order valence-corrected chi connectivity index (χ0v) is 27.4. The number of nitrogens with one attached hydrogen (secondary N) is 2. The van der Waals surface area contributed by atoms with E-state index in [1.807, 2.05) is 97.9 Å². The van der Waals surface area contributed by atoms with Crippen LogP contribution in [0.2, 0.25) is 0 Å². The van der Waals surface area contributed by atoms with Gasteiger partial charge in [0, 0.05) is 24.3 Å². The van der Waals surface area contributed by atoms with E-state index in [2.05, 4.69) is 10.6 Å². The van der Waals surface area contributed by atoms with Crippen LogP contribution in [0.3, 0.4) is 0 Å². The van der Waals surface area contributed by atoms with E-state index >= 15 is 0 Å². The number of ketones is 1. The molecule has 0 radical (unpaired) electrons. The summed E-state index contributed by atoms with van der Waals surface area (Å²) in [6.45, 7) is 4.76. The van der Waals surface area contributed by atoms with Crippen molar-refractivity contribution in [2.24, 2.45) is 0 Å². The van der Waals surface area contributed by atoms with Gasteiger partial charge in [-0.15, -0.1) is 0 Å². The number of Topliss-reactive ketones (excluding diaryl/α,β-unsaturated/α-hetero) is 1. The fraction of sp³-hybridized carbons (Fsp3) is 0.308. The van der Waals surface area contributed by atoms with Gasteiger partial charge in [-0.05, 0) is 42.2 Å². The fourth-order valence-corrected chi connectivity index (χ4v) is 5.82. The summed E-state index contributed by atoms with van der Waals surface area (Å²) in [6, 6.07) is 35.0. The van der Waals surface area contributed by atoms with E-state index in [4.69, 9.17) is 14.2 Å². The van der Waals surface area contributed by atoms with Gasteiger partial charge in [0.1, 0.15) is 12.2 Å². The monoisotopic (exact) mass is 649 g/mol. The molecule has 0 aliphatic carbocycles. The first-order chi connectivity index (χ1) is 23.4. The van der Waals surface area contributed by atoms with Crippen LogP contribution in [0.1, 0.15) is 47.3 Å². The van der Waals surface area contributed by atoms with Crippen LogP contribution in [0.5, 0.6) is 0 Å². The van der Waals surface area contributed by atoms with E-state index in [1.54, 1.807) is 29.2 Å². The van der Waals surface area contributed by atoms with E-state index in [0.29, 0.717) is 24.2 Å². The van der Waals surface area contributed by atoms with Crippen LogP contribution in [0.4, 0.5) is 10.5 Å². The van der Waals surface area contributed by atoms with E-state index in [9.17, 15) is 14.4 Å². The normalized spacial score (nSPS) is 19.1. The highest BCUT2D eigenvalue weighted by Gasteiger charge is 2.50. The third-order valence-corrected chi connectivity index (χ3v) is 8.23. The van der Waals surface area contributed by atoms with Crippen LogP contribution >= 0.6 is 0 Å². The SMILES string of the molecule is CCCN1C(=O)[C@H](OCc2ccccc2)[C@H](OCc2ccccc2)[C@H](OCc2ccccc2)[C@H]1CNC(=O)Nc1cccc(C(C)=O)c1. The average Bonchev–Trinajstić information content (AvgIpc) is 3.11. The highest BCUT2D eigenvalue weighted by molar-refractivity contribution is 5.96. The second-order valence-electron chi connectivity index (χ2n) is 11.8. The molecular formula is C39H43N3O6. The molecule has 1 aliphatic heterocycles. The molecule has 0 spiro atoms. The Bertz CT molecular complexity index is 1620. The molecular weight excluding hydrogens is 606 g/mol. The lowest BCUT2D eigenvalue weighted by Crippen LogP contribution is -2.68. The van der Waals surface area contributed by atoms with Crippen molar-refractivity contribution in [3.8, 4) is 0 Å². The van der Waals surface area contributed by atoms with Crippen molar-refractivity contribution in [1.29, 1.82) is 0 Å². The molecule has 9 nitrogen and oxygen atoms in total. The second kappa shape index (κ2) is 17.4. The van der Waals surface area contributed by atoms with Gasteiger partial charge in [-0.3, -0.25) is 9.59 Å². The van der Waals surface area contributed by atoms with Gasteiger partial charge in [0.2, 0.25) is 0 Å². The number of hydrogen-bond acceptors (Lipinski definition) is 6. The van der Waals surface area contributed by atoms with Crippen molar-refractivity contribution in [3.05, 3.63) is 138 Å². The maximum atomic E-state index is 14.3. The molecule has 4 atom stereocenters. The minimum Gasteiger partial charge on any atom is -0.368 e. The van der Waals surface area contributed by atoms with E-state index < -0.39 is 30.4 Å². The lowest BCUT2D eigenvalue weighted by Gasteiger charge is -2.48. The smallest absolute Gasteiger partial charge is 0.319 e. The number of urea groups is 1. The van der Waals surface area contributed by atoms with Gasteiger partial charge in [-0.2, -0.15) is 0 Å². The summed E-state index contributed by atoms with van der Waals surface area (Å²) in [5.41, 5.74) is 3.83. The van der Waals surface area contributed by atoms with Gasteiger partial charge in [-0.1, -0.05) is 110 Å². The third kappa shape index (κ3) is 9.38. The van der Waals surface area contributed by atoms with Crippen molar-refractivity contribution in [2.45, 2.75) is 64.4 Å². The Morgan fingerprint density at radius 2 is 1.25 bits per heavy atom. The number of carbonyl (C=O) groups excluding carboxylic acids is 3. The summed E-state index contributed by atoms with van der Waals surface area (Å²) in [7, 11) is 0. The molecule has 9 heteroatoms. The number of likely N-dealkylation sites (tertiary alicyclic amines) is 1. The lowest BCUT2D eigenvalue weighted by molar-refractivity contribution is -0.208. The average molecular weight is 650 g/mol. The van der Waals surface area contributed by atoms with Crippen LogP contribution < -0.4 is 10.6 Å². The molecule has 2 N–H and O–H groups in total. The van der Waals surface area contributed by atoms with Crippen LogP contribution in [0.25, 0.3) is 0 Å². The number of benzene rings is 4. The molecule has 1 aliphatic rings. The molecule has 0 aromatic heterocycles. The van der Waals surface area contributed by atoms with Crippen LogP contribution in [0, 0.1) is 0 Å². The van der Waals surface area contributed by atoms with Gasteiger partial charge in [-0.25, -0.2) is 4.79 Å². The highest BCUT2D eigenvalue weighted by atomic mass is 16.6. The lowest BCUT2D eigenvalue weighted by atomic mass is 9.91. The Hall–Kier alpha value is -4.83. The topological polar surface area (TPSA) is 106 Å². The molecule has 1 fully saturated rings. The van der Waals surface area contributed by atoms with Gasteiger partial charge >= 0.3 is 6.03 Å². The number of amides is 3. The Kier molecular flexibility index (Phi) is 12.5. The quantitative estimate of drug-likeness (QED) is 0.145. The Balaban J connectivity index is 1.43. The Morgan fingerprint density at radius 3 is 1.79 bits per heavy atom. The van der Waals surface area contributed by atoms with Gasteiger partial charge in [0.15, 0.2) is 11.9 Å². The summed E-state index contributed by atoms with van der Waals surface area (Å²) >= 11 is 0. The van der Waals surface area contributed by atoms with Crippen molar-refractivity contribution < 1.29 is 28.6 Å². The first-order valence-corrected chi connectivity index (χ1v) is 16.4. The largest absolute Gasteiger partial charge is 0.368 e. The van der Waals surface area contributed by atoms with E-state index in [-0.39, 0.29) is 38.1 Å². The molecule has 3 amide bonds. The Morgan fingerprint density at radius 1 is 0.708 bits per heavy atom. The van der Waals surface area contributed by atoms with E-state index in [0.717, 1.165) is 16.7 Å². The summed E-state index contributed by atoms with van der Waals surface area (Å²) in [6.07, 6.45) is -1.68. The number of carbonyl (C=O) groups is 3. The number of ether oxygens (including phenoxy) is 3. The summed E-state index contributed by atoms with van der Waals surface area (Å²) in [5, 5.41) is 5.76. The van der Waals surface area contributed by atoms with Crippen molar-refractivity contribution in [2.75, 3.05) is 18.4 Å². The van der Waals surface area contributed by atoms with Crippen LogP contribution in [-0.2, 0) is 38.8 Å². The fourth-order valence-electron chi connectivity index (χ4n) is 5.82. The molecule has 4 aromatic carbocycles. The molecule has 250 valence electrons. The minimum absolute atomic E-state index is 0.0973. The standard InChI is InChI=1S/C39H43N3O6/c1-3-22-42-34(24-40-39(45)41-33-21-13-20-32(23-33)28(2)43)35(46-25-29-14-7-4-8-15-29)36(47-26-30-16-9-5-10-17-30)37(38(42)44)48-27-31-18-11-6-12-19-31/h4-21,23,34-37H,3,22,24-27H2,1-2H3,(H2,40,41,45)/t34-,35-,36-,37-/m1/s1. The Labute approximate surface area is 282 Å². The van der Waals surface area contributed by atoms with Crippen LogP contribution in [0.15, 0.2) is 115 Å². The molecule has 1 heterocycles. The van der Waals surface area contributed by atoms with Crippen molar-refractivity contribution >= 4 is 23.4 Å². The predicted molar refractivity (Wildman–Crippen MR) is 184 cm³/mol. The number of piperidine rings is 1. The zero-order valence-electron chi connectivity index (χ0n) is 27.4. The molecule has 0 unspecified atom stereocenters. The summed E-state index contributed by atoms with van der Waals surface area (Å²) in [5.74, 6) is -0.314. The summed E-state index contributed by atoms with van der Waals surface area (Å²) in [4.78, 5) is 41.1. The van der Waals surface area contributed by atoms with Gasteiger partial charge in [0.25, 0.3) is 5.91 Å². The molecule has 48 heavy (non-hydrogen) atoms. The minimum atomic E-state index is -0.944. The van der Waals surface area contributed by atoms with Crippen molar-refractivity contribution in [3.63, 3.8) is 0 Å². The maximum Gasteiger partial charge on any atom is 0.319 e. The second-order valence-corrected chi connectivity index (χ2v) is 11.8. The number of anilines is 1. The molecule has 5 rings (SSSR count). The predicted octanol–water partition coefficient (Wildman–Crippen LogP) is 6.39. The third-order valence-electron chi connectivity index (χ3n) is 8.23. The molecule has 0 saturated carbocycles. The van der Waals surface area contributed by atoms with Crippen LogP contribution in [-0.4, -0.2) is 60.1 Å². The highest BCUT2D eigenvalue weighted by Crippen LogP contribution is 2.30. The first-order valence-electron chi connectivity index (χ1n) is 16.4. The van der Waals surface area contributed by atoms with Gasteiger partial charge < -0.3 is 29.7 Å². The molecule has 1 saturated heterocycles. The zero-order chi connectivity index (χ0) is 33.7.